The molecule has 0 atom stereocenters. The molecule has 1 N–H and O–H groups in total. The number of hydrogen-bond acceptors (Lipinski definition) is 8. The van der Waals surface area contributed by atoms with E-state index in [-0.39, 0.29) is 24.0 Å². The van der Waals surface area contributed by atoms with Crippen LogP contribution in [0.2, 0.25) is 0 Å². The van der Waals surface area contributed by atoms with Gasteiger partial charge in [-0.25, -0.2) is 14.2 Å². The Morgan fingerprint density at radius 2 is 2.06 bits per heavy atom. The van der Waals surface area contributed by atoms with E-state index in [0.29, 0.717) is 43.2 Å². The van der Waals surface area contributed by atoms with Gasteiger partial charge < -0.3 is 19.6 Å². The molecule has 3 heterocycles. The standard InChI is InChI=1S/C21H22FN5O4S2/c1-14(28)24-13-27-11-16(20(30)31-27)15-2-3-18(17(22)10-15)25-5-7-26(8-6-25)19(29)12-33-21-23-4-9-32-21/h2-4,9-11H,5-8,12-13H2,1H3,(H,24,28). The van der Waals surface area contributed by atoms with Crippen LogP contribution < -0.4 is 15.8 Å². The second kappa shape index (κ2) is 10.2. The van der Waals surface area contributed by atoms with Gasteiger partial charge in [0.1, 0.15) is 16.8 Å². The number of carbonyl (C=O) groups is 2. The molecular formula is C21H22FN5O4S2. The van der Waals surface area contributed by atoms with Crippen LogP contribution in [-0.4, -0.2) is 58.4 Å². The molecular weight excluding hydrogens is 469 g/mol. The monoisotopic (exact) mass is 491 g/mol. The van der Waals surface area contributed by atoms with Gasteiger partial charge in [-0.15, -0.1) is 11.3 Å². The lowest BCUT2D eigenvalue weighted by atomic mass is 10.1. The highest BCUT2D eigenvalue weighted by molar-refractivity contribution is 8.01. The van der Waals surface area contributed by atoms with Crippen molar-refractivity contribution in [3.63, 3.8) is 0 Å². The lowest BCUT2D eigenvalue weighted by Crippen LogP contribution is -2.49. The summed E-state index contributed by atoms with van der Waals surface area (Å²) >= 11 is 2.93. The third-order valence-electron chi connectivity index (χ3n) is 5.14. The van der Waals surface area contributed by atoms with Gasteiger partial charge in [0.15, 0.2) is 0 Å². The smallest absolute Gasteiger partial charge is 0.365 e. The fourth-order valence-corrected chi connectivity index (χ4v) is 5.00. The maximum atomic E-state index is 14.9. The van der Waals surface area contributed by atoms with Gasteiger partial charge >= 0.3 is 5.63 Å². The van der Waals surface area contributed by atoms with E-state index in [1.54, 1.807) is 23.2 Å². The molecule has 2 aromatic heterocycles. The molecule has 33 heavy (non-hydrogen) atoms. The summed E-state index contributed by atoms with van der Waals surface area (Å²) in [5.41, 5.74) is 0.402. The Labute approximate surface area is 197 Å². The Balaban J connectivity index is 1.36. The fraction of sp³-hybridized carbons (Fsp3) is 0.333. The Bertz CT molecular complexity index is 1190. The molecule has 0 bridgehead atoms. The predicted molar refractivity (Wildman–Crippen MR) is 124 cm³/mol. The quantitative estimate of drug-likeness (QED) is 0.506. The zero-order valence-electron chi connectivity index (χ0n) is 17.8. The molecule has 4 rings (SSSR count). The molecule has 1 aliphatic rings. The molecule has 12 heteroatoms. The van der Waals surface area contributed by atoms with Gasteiger partial charge in [-0.3, -0.25) is 9.59 Å². The molecule has 1 saturated heterocycles. The molecule has 0 spiro atoms. The summed E-state index contributed by atoms with van der Waals surface area (Å²) in [7, 11) is 0. The van der Waals surface area contributed by atoms with Crippen LogP contribution in [-0.2, 0) is 16.3 Å². The predicted octanol–water partition coefficient (Wildman–Crippen LogP) is 2.24. The van der Waals surface area contributed by atoms with Crippen LogP contribution in [0, 0.1) is 5.82 Å². The number of nitrogens with one attached hydrogen (secondary N) is 1. The summed E-state index contributed by atoms with van der Waals surface area (Å²) in [5, 5.41) is 4.40. The summed E-state index contributed by atoms with van der Waals surface area (Å²) in [6.07, 6.45) is 3.14. The number of amides is 2. The molecule has 1 fully saturated rings. The molecule has 1 aliphatic heterocycles. The van der Waals surface area contributed by atoms with Crippen molar-refractivity contribution in [1.29, 1.82) is 0 Å². The summed E-state index contributed by atoms with van der Waals surface area (Å²) < 4.78 is 22.0. The number of carbonyl (C=O) groups excluding carboxylic acids is 2. The first kappa shape index (κ1) is 23.1. The zero-order chi connectivity index (χ0) is 23.4. The van der Waals surface area contributed by atoms with Gasteiger partial charge in [0.05, 0.1) is 23.2 Å². The average Bonchev–Trinajstić information content (AvgIpc) is 3.45. The molecule has 0 aliphatic carbocycles. The molecule has 3 aromatic rings. The number of benzene rings is 1. The fourth-order valence-electron chi connectivity index (χ4n) is 3.46. The van der Waals surface area contributed by atoms with Crippen molar-refractivity contribution in [2.45, 2.75) is 17.9 Å². The summed E-state index contributed by atoms with van der Waals surface area (Å²) in [6.45, 7) is 3.41. The number of piperazine rings is 1. The number of halogens is 1. The Morgan fingerprint density at radius 1 is 1.27 bits per heavy atom. The minimum absolute atomic E-state index is 0.0104. The van der Waals surface area contributed by atoms with E-state index in [2.05, 4.69) is 10.3 Å². The largest absolute Gasteiger partial charge is 0.366 e. The lowest BCUT2D eigenvalue weighted by Gasteiger charge is -2.36. The Morgan fingerprint density at radius 3 is 2.73 bits per heavy atom. The Kier molecular flexibility index (Phi) is 7.14. The molecule has 0 saturated carbocycles. The van der Waals surface area contributed by atoms with Crippen molar-refractivity contribution in [1.82, 2.24) is 19.9 Å². The van der Waals surface area contributed by atoms with E-state index in [9.17, 15) is 18.8 Å². The number of nitrogens with zero attached hydrogens (tertiary/aromatic N) is 4. The SMILES string of the molecule is CC(=O)NCn1cc(-c2ccc(N3CCN(C(=O)CSc4nccs4)CC3)c(F)c2)c(=O)o1. The van der Waals surface area contributed by atoms with Gasteiger partial charge in [-0.1, -0.05) is 17.8 Å². The zero-order valence-corrected chi connectivity index (χ0v) is 19.5. The first-order valence-electron chi connectivity index (χ1n) is 10.2. The van der Waals surface area contributed by atoms with Gasteiger partial charge in [-0.2, -0.15) is 4.74 Å². The van der Waals surface area contributed by atoms with Crippen molar-refractivity contribution < 1.29 is 18.5 Å². The van der Waals surface area contributed by atoms with Gasteiger partial charge in [0.25, 0.3) is 0 Å². The van der Waals surface area contributed by atoms with Gasteiger partial charge in [-0.05, 0) is 17.7 Å². The first-order chi connectivity index (χ1) is 15.9. The maximum Gasteiger partial charge on any atom is 0.365 e. The molecule has 2 amide bonds. The maximum absolute atomic E-state index is 14.9. The van der Waals surface area contributed by atoms with Crippen LogP contribution in [0.5, 0.6) is 0 Å². The van der Waals surface area contributed by atoms with E-state index in [1.807, 2.05) is 10.3 Å². The van der Waals surface area contributed by atoms with Crippen LogP contribution in [0.25, 0.3) is 11.1 Å². The van der Waals surface area contributed by atoms with Gasteiger partial charge in [0, 0.05) is 44.7 Å². The average molecular weight is 492 g/mol. The number of anilines is 1. The minimum atomic E-state index is -0.616. The number of thiazole rings is 1. The second-order valence-corrected chi connectivity index (χ2v) is 9.47. The third-order valence-corrected chi connectivity index (χ3v) is 7.09. The van der Waals surface area contributed by atoms with E-state index in [4.69, 9.17) is 4.52 Å². The van der Waals surface area contributed by atoms with Crippen molar-refractivity contribution in [2.75, 3.05) is 36.8 Å². The molecule has 1 aromatic carbocycles. The highest BCUT2D eigenvalue weighted by atomic mass is 32.2. The second-order valence-electron chi connectivity index (χ2n) is 7.35. The van der Waals surface area contributed by atoms with Crippen molar-refractivity contribution in [2.24, 2.45) is 0 Å². The van der Waals surface area contributed by atoms with Crippen LogP contribution in [0.4, 0.5) is 10.1 Å². The van der Waals surface area contributed by atoms with Crippen molar-refractivity contribution in [3.05, 3.63) is 52.2 Å². The molecule has 174 valence electrons. The number of thioether (sulfide) groups is 1. The van der Waals surface area contributed by atoms with Crippen molar-refractivity contribution in [3.8, 4) is 11.1 Å². The number of rotatable bonds is 7. The molecule has 9 nitrogen and oxygen atoms in total. The van der Waals surface area contributed by atoms with E-state index in [0.717, 1.165) is 4.34 Å². The van der Waals surface area contributed by atoms with E-state index < -0.39 is 11.4 Å². The highest BCUT2D eigenvalue weighted by Gasteiger charge is 2.23. The van der Waals surface area contributed by atoms with Crippen LogP contribution in [0.3, 0.4) is 0 Å². The highest BCUT2D eigenvalue weighted by Crippen LogP contribution is 2.27. The van der Waals surface area contributed by atoms with E-state index >= 15 is 0 Å². The van der Waals surface area contributed by atoms with Gasteiger partial charge in [0.2, 0.25) is 11.8 Å². The summed E-state index contributed by atoms with van der Waals surface area (Å²) in [6, 6.07) is 4.59. The summed E-state index contributed by atoms with van der Waals surface area (Å²) in [5.74, 6) is -0.342. The number of hydrogen-bond donors (Lipinski definition) is 1. The summed E-state index contributed by atoms with van der Waals surface area (Å²) in [4.78, 5) is 43.4. The van der Waals surface area contributed by atoms with Crippen LogP contribution >= 0.6 is 23.1 Å². The van der Waals surface area contributed by atoms with Crippen molar-refractivity contribution >= 4 is 40.6 Å². The topological polar surface area (TPSA) is 101 Å². The lowest BCUT2D eigenvalue weighted by molar-refractivity contribution is -0.128. The third kappa shape index (κ3) is 5.63. The minimum Gasteiger partial charge on any atom is -0.366 e. The first-order valence-corrected chi connectivity index (χ1v) is 12.1. The normalized spacial score (nSPS) is 13.9. The van der Waals surface area contributed by atoms with Crippen LogP contribution in [0.1, 0.15) is 6.92 Å². The molecule has 0 radical (unpaired) electrons. The number of aromatic nitrogens is 2. The molecule has 0 unspecified atom stereocenters. The van der Waals surface area contributed by atoms with E-state index in [1.165, 1.54) is 47.0 Å². The van der Waals surface area contributed by atoms with Crippen LogP contribution in [0.15, 0.2) is 49.6 Å². The Hall–Kier alpha value is -3.12.